The van der Waals surface area contributed by atoms with Gasteiger partial charge in [-0.2, -0.15) is 0 Å². The van der Waals surface area contributed by atoms with Crippen LogP contribution in [0.5, 0.6) is 11.5 Å². The largest absolute Gasteiger partial charge is 0.493 e. The van der Waals surface area contributed by atoms with Crippen molar-refractivity contribution in [3.63, 3.8) is 0 Å². The van der Waals surface area contributed by atoms with Crippen LogP contribution in [-0.4, -0.2) is 29.8 Å². The summed E-state index contributed by atoms with van der Waals surface area (Å²) in [6, 6.07) is 16.8. The first-order valence-corrected chi connectivity index (χ1v) is 8.02. The number of amides is 1. The fourth-order valence-electron chi connectivity index (χ4n) is 2.01. The Bertz CT molecular complexity index is 821. The summed E-state index contributed by atoms with van der Waals surface area (Å²) in [4.78, 5) is 12.0. The Hall–Kier alpha value is -2.93. The fraction of sp³-hybridized carbons (Fsp3) is 0.118. The van der Waals surface area contributed by atoms with Crippen LogP contribution in [0, 0.1) is 0 Å². The molecule has 2 aromatic carbocycles. The molecule has 0 unspecified atom stereocenters. The number of benzene rings is 2. The van der Waals surface area contributed by atoms with Crippen molar-refractivity contribution in [2.24, 2.45) is 0 Å². The van der Waals surface area contributed by atoms with E-state index in [1.165, 1.54) is 11.3 Å². The van der Waals surface area contributed by atoms with Gasteiger partial charge in [0.2, 0.25) is 5.13 Å². The second kappa shape index (κ2) is 7.56. The molecule has 1 heterocycles. The molecule has 6 nitrogen and oxygen atoms in total. The average molecular weight is 341 g/mol. The van der Waals surface area contributed by atoms with E-state index in [4.69, 9.17) is 9.47 Å². The molecule has 1 amide bonds. The number of anilines is 1. The first-order valence-electron chi connectivity index (χ1n) is 7.21. The second-order valence-electron chi connectivity index (χ2n) is 4.77. The molecule has 3 rings (SSSR count). The van der Waals surface area contributed by atoms with Crippen LogP contribution in [0.1, 0.15) is 0 Å². The van der Waals surface area contributed by atoms with Crippen LogP contribution in [0.3, 0.4) is 0 Å². The van der Waals surface area contributed by atoms with Gasteiger partial charge in [0.05, 0.1) is 7.11 Å². The predicted molar refractivity (Wildman–Crippen MR) is 92.5 cm³/mol. The molecule has 0 radical (unpaired) electrons. The molecule has 7 heteroatoms. The summed E-state index contributed by atoms with van der Waals surface area (Å²) in [7, 11) is 1.55. The molecule has 0 fully saturated rings. The molecule has 24 heavy (non-hydrogen) atoms. The summed E-state index contributed by atoms with van der Waals surface area (Å²) in [5.74, 6) is 0.779. The topological polar surface area (TPSA) is 73.3 Å². The Balaban J connectivity index is 1.58. The molecule has 0 aliphatic carbocycles. The maximum Gasteiger partial charge on any atom is 0.264 e. The van der Waals surface area contributed by atoms with Gasteiger partial charge < -0.3 is 9.47 Å². The van der Waals surface area contributed by atoms with E-state index in [-0.39, 0.29) is 12.5 Å². The van der Waals surface area contributed by atoms with Gasteiger partial charge in [0.15, 0.2) is 18.1 Å². The zero-order valence-corrected chi connectivity index (χ0v) is 13.7. The maximum absolute atomic E-state index is 12.0. The molecule has 0 atom stereocenters. The lowest BCUT2D eigenvalue weighted by Gasteiger charge is -2.09. The lowest BCUT2D eigenvalue weighted by molar-refractivity contribution is -0.118. The zero-order chi connectivity index (χ0) is 16.8. The van der Waals surface area contributed by atoms with Crippen LogP contribution < -0.4 is 14.8 Å². The van der Waals surface area contributed by atoms with Crippen molar-refractivity contribution in [2.75, 3.05) is 19.0 Å². The Kier molecular flexibility index (Phi) is 5.02. The van der Waals surface area contributed by atoms with Gasteiger partial charge in [0, 0.05) is 5.56 Å². The van der Waals surface area contributed by atoms with Gasteiger partial charge in [-0.1, -0.05) is 53.8 Å². The van der Waals surface area contributed by atoms with E-state index in [0.29, 0.717) is 16.6 Å². The normalized spacial score (nSPS) is 10.2. The predicted octanol–water partition coefficient (Wildman–Crippen LogP) is 3.23. The number of rotatable bonds is 6. The number of nitrogens with one attached hydrogen (secondary N) is 1. The standard InChI is InChI=1S/C17H15N3O3S/c1-22-13-9-5-6-10-14(13)23-11-15(21)18-17-20-19-16(24-17)12-7-3-2-4-8-12/h2-10H,11H2,1H3,(H,18,20,21). The number of para-hydroxylation sites is 2. The molecule has 1 aromatic heterocycles. The van der Waals surface area contributed by atoms with Crippen molar-refractivity contribution < 1.29 is 14.3 Å². The van der Waals surface area contributed by atoms with Crippen molar-refractivity contribution in [1.82, 2.24) is 10.2 Å². The van der Waals surface area contributed by atoms with Gasteiger partial charge in [-0.3, -0.25) is 10.1 Å². The van der Waals surface area contributed by atoms with E-state index in [9.17, 15) is 4.79 Å². The van der Waals surface area contributed by atoms with Gasteiger partial charge >= 0.3 is 0 Å². The first-order chi connectivity index (χ1) is 11.8. The highest BCUT2D eigenvalue weighted by Gasteiger charge is 2.11. The average Bonchev–Trinajstić information content (AvgIpc) is 3.09. The lowest BCUT2D eigenvalue weighted by Crippen LogP contribution is -2.20. The SMILES string of the molecule is COc1ccccc1OCC(=O)Nc1nnc(-c2ccccc2)s1. The van der Waals surface area contributed by atoms with E-state index < -0.39 is 0 Å². The summed E-state index contributed by atoms with van der Waals surface area (Å²) in [5, 5.41) is 11.9. The van der Waals surface area contributed by atoms with Gasteiger partial charge in [-0.15, -0.1) is 10.2 Å². The number of ether oxygens (including phenoxy) is 2. The third-order valence-corrected chi connectivity index (χ3v) is 4.01. The maximum atomic E-state index is 12.0. The fourth-order valence-corrected chi connectivity index (χ4v) is 2.77. The molecule has 0 bridgehead atoms. The number of carbonyl (C=O) groups is 1. The van der Waals surface area contributed by atoms with Crippen LogP contribution >= 0.6 is 11.3 Å². The number of aromatic nitrogens is 2. The van der Waals surface area contributed by atoms with E-state index in [2.05, 4.69) is 15.5 Å². The van der Waals surface area contributed by atoms with Crippen LogP contribution in [0.25, 0.3) is 10.6 Å². The van der Waals surface area contributed by atoms with Gasteiger partial charge in [-0.05, 0) is 12.1 Å². The Morgan fingerprint density at radius 2 is 1.75 bits per heavy atom. The molecule has 1 N–H and O–H groups in total. The summed E-state index contributed by atoms with van der Waals surface area (Å²) < 4.78 is 10.6. The van der Waals surface area contributed by atoms with Crippen molar-refractivity contribution in [3.8, 4) is 22.1 Å². The van der Waals surface area contributed by atoms with Crippen LogP contribution in [0.15, 0.2) is 54.6 Å². The number of hydrogen-bond donors (Lipinski definition) is 1. The number of carbonyl (C=O) groups excluding carboxylic acids is 1. The quantitative estimate of drug-likeness (QED) is 0.745. The third-order valence-electron chi connectivity index (χ3n) is 3.12. The molecule has 0 aliphatic rings. The van der Waals surface area contributed by atoms with Crippen molar-refractivity contribution in [1.29, 1.82) is 0 Å². The van der Waals surface area contributed by atoms with Crippen molar-refractivity contribution >= 4 is 22.4 Å². The summed E-state index contributed by atoms with van der Waals surface area (Å²) in [6.07, 6.45) is 0. The third kappa shape index (κ3) is 3.88. The summed E-state index contributed by atoms with van der Waals surface area (Å²) in [5.41, 5.74) is 0.959. The molecule has 0 aliphatic heterocycles. The Labute approximate surface area is 143 Å². The van der Waals surface area contributed by atoms with Gasteiger partial charge in [-0.25, -0.2) is 0 Å². The van der Waals surface area contributed by atoms with E-state index in [0.717, 1.165) is 10.6 Å². The van der Waals surface area contributed by atoms with Gasteiger partial charge in [0.25, 0.3) is 5.91 Å². The Morgan fingerprint density at radius 3 is 2.50 bits per heavy atom. The molecule has 122 valence electrons. The monoisotopic (exact) mass is 341 g/mol. The van der Waals surface area contributed by atoms with Crippen LogP contribution in [-0.2, 0) is 4.79 Å². The molecular formula is C17H15N3O3S. The molecular weight excluding hydrogens is 326 g/mol. The summed E-state index contributed by atoms with van der Waals surface area (Å²) >= 11 is 1.31. The first kappa shape index (κ1) is 15.9. The number of methoxy groups -OCH3 is 1. The van der Waals surface area contributed by atoms with Crippen LogP contribution in [0.4, 0.5) is 5.13 Å². The molecule has 3 aromatic rings. The second-order valence-corrected chi connectivity index (χ2v) is 5.74. The zero-order valence-electron chi connectivity index (χ0n) is 12.9. The van der Waals surface area contributed by atoms with E-state index >= 15 is 0 Å². The van der Waals surface area contributed by atoms with Crippen LogP contribution in [0.2, 0.25) is 0 Å². The minimum absolute atomic E-state index is 0.138. The highest BCUT2D eigenvalue weighted by molar-refractivity contribution is 7.18. The Morgan fingerprint density at radius 1 is 1.04 bits per heavy atom. The van der Waals surface area contributed by atoms with E-state index in [1.54, 1.807) is 19.2 Å². The highest BCUT2D eigenvalue weighted by Crippen LogP contribution is 2.27. The minimum atomic E-state index is -0.309. The smallest absolute Gasteiger partial charge is 0.264 e. The lowest BCUT2D eigenvalue weighted by atomic mass is 10.2. The number of nitrogens with zero attached hydrogens (tertiary/aromatic N) is 2. The van der Waals surface area contributed by atoms with Crippen molar-refractivity contribution in [2.45, 2.75) is 0 Å². The molecule has 0 saturated heterocycles. The summed E-state index contributed by atoms with van der Waals surface area (Å²) in [6.45, 7) is -0.138. The molecule has 0 spiro atoms. The van der Waals surface area contributed by atoms with Crippen molar-refractivity contribution in [3.05, 3.63) is 54.6 Å². The highest BCUT2D eigenvalue weighted by atomic mass is 32.1. The molecule has 0 saturated carbocycles. The van der Waals surface area contributed by atoms with E-state index in [1.807, 2.05) is 42.5 Å². The van der Waals surface area contributed by atoms with Gasteiger partial charge in [0.1, 0.15) is 5.01 Å². The minimum Gasteiger partial charge on any atom is -0.493 e. The number of hydrogen-bond acceptors (Lipinski definition) is 6.